The van der Waals surface area contributed by atoms with Crippen molar-refractivity contribution >= 4 is 11.8 Å². The number of ether oxygens (including phenoxy) is 4. The van der Waals surface area contributed by atoms with E-state index in [4.69, 9.17) is 23.4 Å². The van der Waals surface area contributed by atoms with E-state index in [0.717, 1.165) is 12.0 Å². The fourth-order valence-electron chi connectivity index (χ4n) is 8.17. The molecule has 4 aliphatic rings. The van der Waals surface area contributed by atoms with Crippen molar-refractivity contribution in [1.29, 1.82) is 0 Å². The van der Waals surface area contributed by atoms with Gasteiger partial charge in [0.05, 0.1) is 30.5 Å². The number of fused-ring (bicyclic) bond motifs is 1. The Morgan fingerprint density at radius 1 is 0.935 bits per heavy atom. The minimum Gasteiger partial charge on any atom is -0.472 e. The second-order valence-electron chi connectivity index (χ2n) is 13.6. The number of aliphatic hydroxyl groups is 7. The molecular weight excluding hydrogens is 608 g/mol. The van der Waals surface area contributed by atoms with Crippen LogP contribution < -0.4 is 0 Å². The average molecular weight is 655 g/mol. The Labute approximate surface area is 266 Å². The number of carbonyl (C=O) groups is 2. The molecule has 0 amide bonds. The van der Waals surface area contributed by atoms with Crippen molar-refractivity contribution in [3.8, 4) is 0 Å². The molecule has 0 radical (unpaired) electrons. The lowest BCUT2D eigenvalue weighted by Crippen LogP contribution is -2.65. The fourth-order valence-corrected chi connectivity index (χ4v) is 8.17. The van der Waals surface area contributed by atoms with Crippen LogP contribution in [0.15, 0.2) is 35.2 Å². The van der Waals surface area contributed by atoms with E-state index >= 15 is 0 Å². The number of hydrogen-bond acceptors (Lipinski definition) is 14. The van der Waals surface area contributed by atoms with E-state index in [-0.39, 0.29) is 24.0 Å². The van der Waals surface area contributed by atoms with Gasteiger partial charge < -0.3 is 59.1 Å². The van der Waals surface area contributed by atoms with Crippen LogP contribution in [0.2, 0.25) is 0 Å². The fraction of sp³-hybridized carbons (Fsp3) is 0.750. The van der Waals surface area contributed by atoms with Crippen LogP contribution in [0.3, 0.4) is 0 Å². The summed E-state index contributed by atoms with van der Waals surface area (Å²) in [6.07, 6.45) is -10.4. The van der Waals surface area contributed by atoms with Crippen molar-refractivity contribution in [1.82, 2.24) is 0 Å². The summed E-state index contributed by atoms with van der Waals surface area (Å²) in [5.74, 6) is -1.19. The molecule has 7 N–H and O–H groups in total. The Kier molecular flexibility index (Phi) is 10.5. The van der Waals surface area contributed by atoms with Gasteiger partial charge in [-0.05, 0) is 55.9 Å². The van der Waals surface area contributed by atoms with Crippen LogP contribution in [0.1, 0.15) is 62.7 Å². The molecule has 1 aromatic rings. The molecule has 46 heavy (non-hydrogen) atoms. The highest BCUT2D eigenvalue weighted by molar-refractivity contribution is 5.96. The quantitative estimate of drug-likeness (QED) is 0.104. The van der Waals surface area contributed by atoms with Crippen LogP contribution in [-0.2, 0) is 23.7 Å². The first-order valence-electron chi connectivity index (χ1n) is 15.8. The van der Waals surface area contributed by atoms with Gasteiger partial charge in [-0.1, -0.05) is 25.5 Å². The third kappa shape index (κ3) is 6.20. The summed E-state index contributed by atoms with van der Waals surface area (Å²) in [6, 6.07) is 1.62. The zero-order chi connectivity index (χ0) is 33.6. The van der Waals surface area contributed by atoms with Gasteiger partial charge >= 0.3 is 5.97 Å². The summed E-state index contributed by atoms with van der Waals surface area (Å²) in [5, 5.41) is 71.9. The molecule has 14 heteroatoms. The number of furan rings is 1. The highest BCUT2D eigenvalue weighted by Gasteiger charge is 2.60. The first kappa shape index (κ1) is 35.1. The molecule has 0 spiro atoms. The molecule has 1 aromatic heterocycles. The third-order valence-corrected chi connectivity index (χ3v) is 10.9. The van der Waals surface area contributed by atoms with E-state index in [9.17, 15) is 45.3 Å². The maximum Gasteiger partial charge on any atom is 0.314 e. The van der Waals surface area contributed by atoms with Crippen LogP contribution in [0.4, 0.5) is 0 Å². The first-order valence-corrected chi connectivity index (χ1v) is 15.8. The molecule has 0 aromatic carbocycles. The molecule has 4 fully saturated rings. The number of aliphatic hydroxyl groups excluding tert-OH is 7. The largest absolute Gasteiger partial charge is 0.472 e. The SMILES string of the molecule is C=C1CC[C@H]2[C@@](C)(CCC[C@@]2(C)C(=O)O[C@@H]2O[C@H](CO)[C@@H](O)[C@H](O)[C@H]2O[C@@H]2O[C@H](CO)[C@@H](O)[C@H](O)[C@H]2O)[C@@H]1CC(=O)c1ccoc1. The van der Waals surface area contributed by atoms with Gasteiger partial charge in [-0.3, -0.25) is 9.59 Å². The smallest absolute Gasteiger partial charge is 0.314 e. The van der Waals surface area contributed by atoms with Gasteiger partial charge in [-0.25, -0.2) is 0 Å². The van der Waals surface area contributed by atoms with E-state index in [2.05, 4.69) is 13.5 Å². The predicted molar refractivity (Wildman–Crippen MR) is 156 cm³/mol. The van der Waals surface area contributed by atoms with Crippen LogP contribution in [0, 0.1) is 22.7 Å². The maximum atomic E-state index is 14.2. The van der Waals surface area contributed by atoms with Gasteiger partial charge in [-0.2, -0.15) is 0 Å². The molecular formula is C32H46O14. The Hall–Kier alpha value is -2.24. The zero-order valence-corrected chi connectivity index (χ0v) is 26.0. The maximum absolute atomic E-state index is 14.2. The van der Waals surface area contributed by atoms with E-state index in [1.165, 1.54) is 12.5 Å². The molecule has 14 nitrogen and oxygen atoms in total. The molecule has 0 bridgehead atoms. The van der Waals surface area contributed by atoms with Gasteiger partial charge in [0, 0.05) is 6.42 Å². The Balaban J connectivity index is 1.38. The number of rotatable bonds is 9. The molecule has 14 atom stereocenters. The lowest BCUT2D eigenvalue weighted by atomic mass is 9.46. The Morgan fingerprint density at radius 3 is 2.22 bits per heavy atom. The number of hydrogen-bond donors (Lipinski definition) is 7. The molecule has 5 rings (SSSR count). The summed E-state index contributed by atoms with van der Waals surface area (Å²) in [6.45, 7) is 6.70. The van der Waals surface area contributed by atoms with Crippen molar-refractivity contribution in [2.75, 3.05) is 13.2 Å². The number of carbonyl (C=O) groups excluding carboxylic acids is 2. The lowest BCUT2D eigenvalue weighted by molar-refractivity contribution is -0.363. The lowest BCUT2D eigenvalue weighted by Gasteiger charge is -2.57. The number of Topliss-reactive ketones (excluding diaryl/α,β-unsaturated/α-hetero) is 1. The highest BCUT2D eigenvalue weighted by atomic mass is 16.8. The Bertz CT molecular complexity index is 1240. The summed E-state index contributed by atoms with van der Waals surface area (Å²) in [4.78, 5) is 27.4. The molecule has 2 saturated carbocycles. The van der Waals surface area contributed by atoms with E-state index in [0.29, 0.717) is 31.2 Å². The van der Waals surface area contributed by atoms with Crippen LogP contribution >= 0.6 is 0 Å². The summed E-state index contributed by atoms with van der Waals surface area (Å²) in [7, 11) is 0. The van der Waals surface area contributed by atoms with Gasteiger partial charge in [0.15, 0.2) is 18.2 Å². The summed E-state index contributed by atoms with van der Waals surface area (Å²) >= 11 is 0. The van der Waals surface area contributed by atoms with Gasteiger partial charge in [0.25, 0.3) is 0 Å². The molecule has 2 aliphatic carbocycles. The highest BCUT2D eigenvalue weighted by Crippen LogP contribution is 2.62. The second kappa shape index (κ2) is 13.7. The molecule has 258 valence electrons. The minimum absolute atomic E-state index is 0.0805. The molecule has 3 heterocycles. The first-order chi connectivity index (χ1) is 21.8. The molecule has 0 unspecified atom stereocenters. The average Bonchev–Trinajstić information content (AvgIpc) is 3.57. The van der Waals surface area contributed by atoms with Crippen molar-refractivity contribution in [2.24, 2.45) is 22.7 Å². The predicted octanol–water partition coefficient (Wildman–Crippen LogP) is -0.201. The Morgan fingerprint density at radius 2 is 1.59 bits per heavy atom. The van der Waals surface area contributed by atoms with Gasteiger partial charge in [-0.15, -0.1) is 0 Å². The zero-order valence-electron chi connectivity index (χ0n) is 26.0. The van der Waals surface area contributed by atoms with Crippen LogP contribution in [0.25, 0.3) is 0 Å². The van der Waals surface area contributed by atoms with Gasteiger partial charge in [0.1, 0.15) is 49.0 Å². The number of allylic oxidation sites excluding steroid dienone is 1. The van der Waals surface area contributed by atoms with Crippen molar-refractivity contribution < 1.29 is 68.7 Å². The van der Waals surface area contributed by atoms with Crippen LogP contribution in [0.5, 0.6) is 0 Å². The van der Waals surface area contributed by atoms with E-state index < -0.39 is 91.4 Å². The molecule has 2 aliphatic heterocycles. The standard InChI is InChI=1S/C32H46O14/c1-15-5-6-21-31(2,17(15)11-18(35)16-7-10-42-14-16)8-4-9-32(21,3)30(41)46-29-27(25(39)23(37)20(13-34)44-29)45-28-26(40)24(38)22(36)19(12-33)43-28/h7,10,14,17,19-29,33-34,36-40H,1,4-6,8-9,11-13H2,2-3H3/t17-,19-,20-,21+,22-,23-,24+,25+,26-,27-,28+,29+,31+,32-/m1/s1. The summed E-state index contributed by atoms with van der Waals surface area (Å²) < 4.78 is 27.9. The topological polar surface area (TPSA) is 226 Å². The van der Waals surface area contributed by atoms with Crippen molar-refractivity contribution in [2.45, 2.75) is 114 Å². The number of ketones is 1. The minimum atomic E-state index is -1.84. The van der Waals surface area contributed by atoms with Gasteiger partial charge in [0.2, 0.25) is 6.29 Å². The van der Waals surface area contributed by atoms with Crippen molar-refractivity contribution in [3.63, 3.8) is 0 Å². The second-order valence-corrected chi connectivity index (χ2v) is 13.6. The van der Waals surface area contributed by atoms with E-state index in [1.807, 2.05) is 0 Å². The van der Waals surface area contributed by atoms with Crippen molar-refractivity contribution in [3.05, 3.63) is 36.3 Å². The normalized spacial score (nSPS) is 44.8. The van der Waals surface area contributed by atoms with E-state index in [1.54, 1.807) is 13.0 Å². The third-order valence-electron chi connectivity index (χ3n) is 10.9. The monoisotopic (exact) mass is 654 g/mol. The van der Waals surface area contributed by atoms with Crippen LogP contribution in [-0.4, -0.2) is 122 Å². The summed E-state index contributed by atoms with van der Waals surface area (Å²) in [5.41, 5.74) is -0.142. The number of esters is 1. The molecule has 2 saturated heterocycles.